The number of carbonyl (C=O) groups excluding carboxylic acids is 1. The van der Waals surface area contributed by atoms with Crippen molar-refractivity contribution in [2.45, 2.75) is 32.5 Å². The Balaban J connectivity index is 4.10. The number of halogens is 3. The normalized spacial score (nSPS) is 12.2. The summed E-state index contributed by atoms with van der Waals surface area (Å²) in [6, 6.07) is -0.305. The standard InChI is InChI=1S/C8H16F3N3O2/c1-6(2)14(5-8(9,10)11)4-3-7(15)16-13-12/h6,13H,3-5,12H2,1-2H3. The van der Waals surface area contributed by atoms with Gasteiger partial charge in [-0.05, 0) is 13.8 Å². The van der Waals surface area contributed by atoms with E-state index >= 15 is 0 Å². The van der Waals surface area contributed by atoms with Crippen LogP contribution < -0.4 is 11.4 Å². The Hall–Kier alpha value is -0.860. The number of alkyl halides is 3. The topological polar surface area (TPSA) is 67.6 Å². The third-order valence-corrected chi connectivity index (χ3v) is 1.89. The van der Waals surface area contributed by atoms with E-state index in [1.165, 1.54) is 0 Å². The van der Waals surface area contributed by atoms with Gasteiger partial charge in [0.05, 0.1) is 13.0 Å². The lowest BCUT2D eigenvalue weighted by Gasteiger charge is -2.26. The van der Waals surface area contributed by atoms with E-state index in [9.17, 15) is 18.0 Å². The molecule has 0 radical (unpaired) electrons. The highest BCUT2D eigenvalue weighted by atomic mass is 19.4. The molecule has 3 N–H and O–H groups in total. The number of hydrogen-bond acceptors (Lipinski definition) is 5. The molecule has 0 aromatic rings. The molecule has 96 valence electrons. The van der Waals surface area contributed by atoms with E-state index in [0.717, 1.165) is 4.90 Å². The van der Waals surface area contributed by atoms with Gasteiger partial charge in [0.2, 0.25) is 0 Å². The molecule has 0 aliphatic rings. The van der Waals surface area contributed by atoms with Crippen molar-refractivity contribution in [2.24, 2.45) is 5.84 Å². The molecule has 0 saturated carbocycles. The number of hydrogen-bond donors (Lipinski definition) is 2. The fraction of sp³-hybridized carbons (Fsp3) is 0.875. The number of carbonyl (C=O) groups is 1. The number of nitrogens with one attached hydrogen (secondary N) is 1. The average molecular weight is 243 g/mol. The van der Waals surface area contributed by atoms with Crippen molar-refractivity contribution in [3.05, 3.63) is 0 Å². The van der Waals surface area contributed by atoms with E-state index in [1.807, 2.05) is 0 Å². The first-order valence-corrected chi connectivity index (χ1v) is 4.72. The van der Waals surface area contributed by atoms with Crippen LogP contribution in [0.5, 0.6) is 0 Å². The van der Waals surface area contributed by atoms with Gasteiger partial charge in [-0.3, -0.25) is 9.69 Å². The van der Waals surface area contributed by atoms with Crippen LogP contribution in [0.25, 0.3) is 0 Å². The molecular weight excluding hydrogens is 227 g/mol. The Kier molecular flexibility index (Phi) is 6.31. The molecule has 0 bridgehead atoms. The summed E-state index contributed by atoms with van der Waals surface area (Å²) < 4.78 is 36.4. The van der Waals surface area contributed by atoms with Crippen LogP contribution in [0.3, 0.4) is 0 Å². The van der Waals surface area contributed by atoms with Crippen molar-refractivity contribution < 1.29 is 22.8 Å². The molecule has 0 amide bonds. The monoisotopic (exact) mass is 243 g/mol. The first-order chi connectivity index (χ1) is 7.26. The Bertz CT molecular complexity index is 221. The summed E-state index contributed by atoms with van der Waals surface area (Å²) in [6.45, 7) is 2.17. The van der Waals surface area contributed by atoms with Gasteiger partial charge in [0.1, 0.15) is 0 Å². The Morgan fingerprint density at radius 1 is 1.50 bits per heavy atom. The maximum Gasteiger partial charge on any atom is 0.401 e. The number of nitrogens with zero attached hydrogens (tertiary/aromatic N) is 1. The summed E-state index contributed by atoms with van der Waals surface area (Å²) >= 11 is 0. The molecule has 0 spiro atoms. The third-order valence-electron chi connectivity index (χ3n) is 1.89. The molecule has 16 heavy (non-hydrogen) atoms. The fourth-order valence-corrected chi connectivity index (χ4v) is 1.10. The summed E-state index contributed by atoms with van der Waals surface area (Å²) in [7, 11) is 0. The van der Waals surface area contributed by atoms with Crippen LogP contribution in [0.1, 0.15) is 20.3 Å². The highest BCUT2D eigenvalue weighted by molar-refractivity contribution is 5.69. The van der Waals surface area contributed by atoms with Crippen molar-refractivity contribution in [1.29, 1.82) is 0 Å². The van der Waals surface area contributed by atoms with Crippen LogP contribution in [-0.2, 0) is 9.63 Å². The molecule has 0 unspecified atom stereocenters. The minimum Gasteiger partial charge on any atom is -0.356 e. The van der Waals surface area contributed by atoms with Gasteiger partial charge in [-0.1, -0.05) is 5.59 Å². The molecular formula is C8H16F3N3O2. The van der Waals surface area contributed by atoms with Gasteiger partial charge in [0.25, 0.3) is 0 Å². The molecule has 5 nitrogen and oxygen atoms in total. The Morgan fingerprint density at radius 3 is 2.44 bits per heavy atom. The van der Waals surface area contributed by atoms with Crippen molar-refractivity contribution in [3.63, 3.8) is 0 Å². The highest BCUT2D eigenvalue weighted by Crippen LogP contribution is 2.18. The van der Waals surface area contributed by atoms with Crippen LogP contribution in [-0.4, -0.2) is 36.2 Å². The maximum absolute atomic E-state index is 12.1. The molecule has 0 saturated heterocycles. The molecule has 0 fully saturated rings. The zero-order valence-electron chi connectivity index (χ0n) is 9.17. The molecule has 0 rings (SSSR count). The van der Waals surface area contributed by atoms with Crippen molar-refractivity contribution in [1.82, 2.24) is 10.5 Å². The average Bonchev–Trinajstić information content (AvgIpc) is 2.10. The molecule has 8 heteroatoms. The van der Waals surface area contributed by atoms with E-state index in [2.05, 4.69) is 4.84 Å². The Morgan fingerprint density at radius 2 is 2.06 bits per heavy atom. The van der Waals surface area contributed by atoms with Crippen molar-refractivity contribution >= 4 is 5.97 Å². The molecule has 0 atom stereocenters. The van der Waals surface area contributed by atoms with Crippen LogP contribution in [0.2, 0.25) is 0 Å². The quantitative estimate of drug-likeness (QED) is 0.527. The van der Waals surface area contributed by atoms with E-state index in [0.29, 0.717) is 0 Å². The van der Waals surface area contributed by atoms with Gasteiger partial charge in [-0.25, -0.2) is 5.84 Å². The zero-order valence-corrected chi connectivity index (χ0v) is 9.17. The van der Waals surface area contributed by atoms with Gasteiger partial charge >= 0.3 is 12.1 Å². The fourth-order valence-electron chi connectivity index (χ4n) is 1.10. The molecule has 0 aromatic carbocycles. The summed E-state index contributed by atoms with van der Waals surface area (Å²) in [6.07, 6.45) is -4.43. The molecule has 0 aromatic heterocycles. The predicted octanol–water partition coefficient (Wildman–Crippen LogP) is 0.571. The van der Waals surface area contributed by atoms with Crippen LogP contribution in [0.4, 0.5) is 13.2 Å². The summed E-state index contributed by atoms with van der Waals surface area (Å²) in [5.74, 6) is 4.01. The van der Waals surface area contributed by atoms with E-state index in [4.69, 9.17) is 5.84 Å². The SMILES string of the molecule is CC(C)N(CCC(=O)ONN)CC(F)(F)F. The second-order valence-corrected chi connectivity index (χ2v) is 3.52. The largest absolute Gasteiger partial charge is 0.401 e. The van der Waals surface area contributed by atoms with Gasteiger partial charge in [0, 0.05) is 12.6 Å². The van der Waals surface area contributed by atoms with Crippen LogP contribution in [0, 0.1) is 0 Å². The van der Waals surface area contributed by atoms with Crippen molar-refractivity contribution in [3.8, 4) is 0 Å². The summed E-state index contributed by atoms with van der Waals surface area (Å²) in [4.78, 5) is 16.2. The number of nitrogens with two attached hydrogens (primary N) is 1. The molecule has 0 aliphatic heterocycles. The first kappa shape index (κ1) is 15.1. The third kappa shape index (κ3) is 7.43. The number of rotatable bonds is 6. The van der Waals surface area contributed by atoms with Gasteiger partial charge in [-0.15, -0.1) is 0 Å². The summed E-state index contributed by atoms with van der Waals surface area (Å²) in [5, 5.41) is 0. The smallest absolute Gasteiger partial charge is 0.356 e. The van der Waals surface area contributed by atoms with Gasteiger partial charge < -0.3 is 4.84 Å². The first-order valence-electron chi connectivity index (χ1n) is 4.72. The second kappa shape index (κ2) is 6.66. The van der Waals surface area contributed by atoms with E-state index in [1.54, 1.807) is 19.4 Å². The summed E-state index contributed by atoms with van der Waals surface area (Å²) in [5.41, 5.74) is 1.68. The van der Waals surface area contributed by atoms with E-state index < -0.39 is 18.7 Å². The lowest BCUT2D eigenvalue weighted by Crippen LogP contribution is -2.40. The maximum atomic E-state index is 12.1. The Labute approximate surface area is 91.6 Å². The minimum absolute atomic E-state index is 0.0301. The van der Waals surface area contributed by atoms with Crippen molar-refractivity contribution in [2.75, 3.05) is 13.1 Å². The van der Waals surface area contributed by atoms with Gasteiger partial charge in [0.15, 0.2) is 0 Å². The minimum atomic E-state index is -4.28. The molecule has 0 aliphatic carbocycles. The lowest BCUT2D eigenvalue weighted by molar-refractivity contribution is -0.158. The molecule has 0 heterocycles. The van der Waals surface area contributed by atoms with Gasteiger partial charge in [-0.2, -0.15) is 13.2 Å². The second-order valence-electron chi connectivity index (χ2n) is 3.52. The highest BCUT2D eigenvalue weighted by Gasteiger charge is 2.31. The number of hydrazine groups is 1. The predicted molar refractivity (Wildman–Crippen MR) is 50.8 cm³/mol. The van der Waals surface area contributed by atoms with Crippen LogP contribution in [0.15, 0.2) is 0 Å². The lowest BCUT2D eigenvalue weighted by atomic mass is 10.3. The van der Waals surface area contributed by atoms with Crippen LogP contribution >= 0.6 is 0 Å². The van der Waals surface area contributed by atoms with E-state index in [-0.39, 0.29) is 19.0 Å². The zero-order chi connectivity index (χ0) is 12.8.